The molecule has 0 unspecified atom stereocenters. The minimum atomic E-state index is 0.552. The minimum Gasteiger partial charge on any atom is -0.298 e. The predicted octanol–water partition coefficient (Wildman–Crippen LogP) is 3.35. The van der Waals surface area contributed by atoms with E-state index in [1.165, 1.54) is 17.7 Å². The Kier molecular flexibility index (Phi) is 3.35. The number of thiophene rings is 1. The van der Waals surface area contributed by atoms with Crippen molar-refractivity contribution in [1.82, 2.24) is 14.8 Å². The molecule has 1 fully saturated rings. The maximum absolute atomic E-state index is 8.59. The Morgan fingerprint density at radius 3 is 3.06 bits per heavy atom. The van der Waals surface area contributed by atoms with Gasteiger partial charge in [-0.1, -0.05) is 17.8 Å². The zero-order chi connectivity index (χ0) is 12.4. The van der Waals surface area contributed by atoms with Gasteiger partial charge in [-0.3, -0.25) is 4.57 Å². The van der Waals surface area contributed by atoms with Gasteiger partial charge in [0.25, 0.3) is 0 Å². The molecule has 18 heavy (non-hydrogen) atoms. The molecule has 1 aliphatic rings. The van der Waals surface area contributed by atoms with Crippen molar-refractivity contribution < 1.29 is 0 Å². The maximum atomic E-state index is 8.59. The normalized spacial score (nSPS) is 14.6. The first-order valence-corrected chi connectivity index (χ1v) is 7.75. The minimum absolute atomic E-state index is 0.552. The van der Waals surface area contributed by atoms with Gasteiger partial charge in [0.1, 0.15) is 0 Å². The van der Waals surface area contributed by atoms with Gasteiger partial charge in [0, 0.05) is 18.2 Å². The van der Waals surface area contributed by atoms with E-state index >= 15 is 0 Å². The van der Waals surface area contributed by atoms with Crippen molar-refractivity contribution in [1.29, 1.82) is 5.26 Å². The van der Waals surface area contributed by atoms with E-state index in [0.29, 0.717) is 12.5 Å². The first-order valence-electron chi connectivity index (χ1n) is 5.88. The lowest BCUT2D eigenvalue weighted by atomic mass is 10.4. The van der Waals surface area contributed by atoms with Crippen molar-refractivity contribution in [3.8, 4) is 16.8 Å². The van der Waals surface area contributed by atoms with Crippen molar-refractivity contribution in [2.45, 2.75) is 30.5 Å². The molecule has 0 radical (unpaired) electrons. The molecular weight excluding hydrogens is 264 g/mol. The fourth-order valence-electron chi connectivity index (χ4n) is 1.80. The molecule has 2 heterocycles. The quantitative estimate of drug-likeness (QED) is 0.621. The van der Waals surface area contributed by atoms with Crippen LogP contribution in [0.3, 0.4) is 0 Å². The van der Waals surface area contributed by atoms with Gasteiger partial charge in [-0.05, 0) is 24.3 Å². The third-order valence-electron chi connectivity index (χ3n) is 2.76. The zero-order valence-electron chi connectivity index (χ0n) is 9.74. The van der Waals surface area contributed by atoms with Gasteiger partial charge in [-0.25, -0.2) is 0 Å². The Morgan fingerprint density at radius 2 is 2.39 bits per heavy atom. The predicted molar refractivity (Wildman–Crippen MR) is 72.6 cm³/mol. The van der Waals surface area contributed by atoms with E-state index in [0.717, 1.165) is 16.7 Å². The third kappa shape index (κ3) is 2.28. The molecule has 0 aromatic carbocycles. The number of hydrogen-bond donors (Lipinski definition) is 0. The smallest absolute Gasteiger partial charge is 0.191 e. The molecule has 0 N–H and O–H groups in total. The molecule has 2 aromatic heterocycles. The van der Waals surface area contributed by atoms with Crippen LogP contribution in [0, 0.1) is 11.3 Å². The molecule has 3 rings (SSSR count). The van der Waals surface area contributed by atoms with Crippen molar-refractivity contribution in [2.24, 2.45) is 0 Å². The van der Waals surface area contributed by atoms with Gasteiger partial charge < -0.3 is 0 Å². The molecule has 0 spiro atoms. The Bertz CT molecular complexity index is 563. The summed E-state index contributed by atoms with van der Waals surface area (Å²) in [5, 5.41) is 20.2. The standard InChI is InChI=1S/C12H12N4S2/c13-6-2-8-18-12-15-14-11(10-3-1-7-17-10)16(12)9-4-5-9/h1,3,7,9H,2,4-5,8H2. The van der Waals surface area contributed by atoms with Crippen LogP contribution < -0.4 is 0 Å². The fourth-order valence-corrected chi connectivity index (χ4v) is 3.35. The SMILES string of the molecule is N#CCCSc1nnc(-c2cccs2)n1C1CC1. The van der Waals surface area contributed by atoms with Gasteiger partial charge in [0.2, 0.25) is 0 Å². The Hall–Kier alpha value is -1.32. The van der Waals surface area contributed by atoms with Crippen molar-refractivity contribution >= 4 is 23.1 Å². The second kappa shape index (κ2) is 5.12. The summed E-state index contributed by atoms with van der Waals surface area (Å²) in [6.45, 7) is 0. The second-order valence-electron chi connectivity index (χ2n) is 4.14. The zero-order valence-corrected chi connectivity index (χ0v) is 11.4. The fraction of sp³-hybridized carbons (Fsp3) is 0.417. The van der Waals surface area contributed by atoms with Crippen LogP contribution in [0.1, 0.15) is 25.3 Å². The maximum Gasteiger partial charge on any atom is 0.191 e. The largest absolute Gasteiger partial charge is 0.298 e. The molecular formula is C12H12N4S2. The molecule has 0 amide bonds. The van der Waals surface area contributed by atoms with E-state index in [9.17, 15) is 0 Å². The van der Waals surface area contributed by atoms with Crippen molar-refractivity contribution in [2.75, 3.05) is 5.75 Å². The molecule has 2 aromatic rings. The molecule has 92 valence electrons. The average Bonchev–Trinajstić information content (AvgIpc) is 2.93. The van der Waals surface area contributed by atoms with Gasteiger partial charge in [-0.15, -0.1) is 21.5 Å². The molecule has 0 aliphatic heterocycles. The first-order chi connectivity index (χ1) is 8.90. The van der Waals surface area contributed by atoms with Crippen molar-refractivity contribution in [3.05, 3.63) is 17.5 Å². The van der Waals surface area contributed by atoms with Crippen LogP contribution in [-0.4, -0.2) is 20.5 Å². The van der Waals surface area contributed by atoms with Crippen LogP contribution in [-0.2, 0) is 0 Å². The van der Waals surface area contributed by atoms with E-state index in [-0.39, 0.29) is 0 Å². The van der Waals surface area contributed by atoms with Gasteiger partial charge in [-0.2, -0.15) is 5.26 Å². The lowest BCUT2D eigenvalue weighted by Crippen LogP contribution is -1.99. The van der Waals surface area contributed by atoms with E-state index in [1.54, 1.807) is 23.1 Å². The highest BCUT2D eigenvalue weighted by Crippen LogP contribution is 2.41. The lowest BCUT2D eigenvalue weighted by molar-refractivity contribution is 0.670. The summed E-state index contributed by atoms with van der Waals surface area (Å²) in [7, 11) is 0. The Labute approximate surface area is 114 Å². The third-order valence-corrected chi connectivity index (χ3v) is 4.57. The van der Waals surface area contributed by atoms with E-state index < -0.39 is 0 Å². The van der Waals surface area contributed by atoms with Crippen LogP contribution in [0.2, 0.25) is 0 Å². The van der Waals surface area contributed by atoms with E-state index in [2.05, 4.69) is 32.3 Å². The highest BCUT2D eigenvalue weighted by molar-refractivity contribution is 7.99. The van der Waals surface area contributed by atoms with Crippen LogP contribution in [0.25, 0.3) is 10.7 Å². The molecule has 1 saturated carbocycles. The van der Waals surface area contributed by atoms with Crippen LogP contribution in [0.4, 0.5) is 0 Å². The van der Waals surface area contributed by atoms with Crippen molar-refractivity contribution in [3.63, 3.8) is 0 Å². The highest BCUT2D eigenvalue weighted by Gasteiger charge is 2.30. The number of aromatic nitrogens is 3. The lowest BCUT2D eigenvalue weighted by Gasteiger charge is -2.06. The van der Waals surface area contributed by atoms with E-state index in [1.807, 2.05) is 6.07 Å². The number of nitrogens with zero attached hydrogens (tertiary/aromatic N) is 4. The summed E-state index contributed by atoms with van der Waals surface area (Å²) in [5.74, 6) is 1.76. The van der Waals surface area contributed by atoms with Gasteiger partial charge in [0.05, 0.1) is 10.9 Å². The van der Waals surface area contributed by atoms with Gasteiger partial charge >= 0.3 is 0 Å². The first kappa shape index (κ1) is 11.8. The Morgan fingerprint density at radius 1 is 1.50 bits per heavy atom. The summed E-state index contributed by atoms with van der Waals surface area (Å²) in [5.41, 5.74) is 0. The summed E-state index contributed by atoms with van der Waals surface area (Å²) < 4.78 is 2.24. The van der Waals surface area contributed by atoms with Crippen LogP contribution in [0.15, 0.2) is 22.7 Å². The molecule has 1 aliphatic carbocycles. The molecule has 0 saturated heterocycles. The highest BCUT2D eigenvalue weighted by atomic mass is 32.2. The molecule has 0 bridgehead atoms. The number of hydrogen-bond acceptors (Lipinski definition) is 5. The molecule has 4 nitrogen and oxygen atoms in total. The van der Waals surface area contributed by atoms with Crippen LogP contribution in [0.5, 0.6) is 0 Å². The van der Waals surface area contributed by atoms with E-state index in [4.69, 9.17) is 5.26 Å². The molecule has 0 atom stereocenters. The van der Waals surface area contributed by atoms with Gasteiger partial charge in [0.15, 0.2) is 11.0 Å². The molecule has 6 heteroatoms. The summed E-state index contributed by atoms with van der Waals surface area (Å²) in [6.07, 6.45) is 2.97. The summed E-state index contributed by atoms with van der Waals surface area (Å²) in [4.78, 5) is 1.17. The summed E-state index contributed by atoms with van der Waals surface area (Å²) in [6, 6.07) is 6.83. The van der Waals surface area contributed by atoms with Crippen LogP contribution >= 0.6 is 23.1 Å². The Balaban J connectivity index is 1.89. The monoisotopic (exact) mass is 276 g/mol. The number of nitriles is 1. The second-order valence-corrected chi connectivity index (χ2v) is 6.15. The number of thioether (sulfide) groups is 1. The summed E-state index contributed by atoms with van der Waals surface area (Å²) >= 11 is 3.32. The topological polar surface area (TPSA) is 54.5 Å². The number of rotatable bonds is 5. The average molecular weight is 276 g/mol.